The van der Waals surface area contributed by atoms with E-state index in [9.17, 15) is 24.3 Å². The van der Waals surface area contributed by atoms with E-state index in [4.69, 9.17) is 17.3 Å². The summed E-state index contributed by atoms with van der Waals surface area (Å²) in [6.07, 6.45) is 0.943. The predicted molar refractivity (Wildman–Crippen MR) is 139 cm³/mol. The van der Waals surface area contributed by atoms with E-state index in [1.165, 1.54) is 6.07 Å². The number of carbonyl (C=O) groups excluding carboxylic acids is 3. The third-order valence-corrected chi connectivity index (χ3v) is 6.11. The summed E-state index contributed by atoms with van der Waals surface area (Å²) in [6.45, 7) is 4.21. The largest absolute Gasteiger partial charge is 0.480 e. The molecule has 2 aromatic rings. The molecule has 0 aliphatic rings. The van der Waals surface area contributed by atoms with Gasteiger partial charge in [0.25, 0.3) is 5.91 Å². The van der Waals surface area contributed by atoms with Crippen LogP contribution in [0.5, 0.6) is 0 Å². The van der Waals surface area contributed by atoms with Crippen molar-refractivity contribution in [3.8, 4) is 0 Å². The van der Waals surface area contributed by atoms with E-state index in [0.29, 0.717) is 23.7 Å². The number of carboxylic acids is 1. The molecule has 0 saturated carbocycles. The van der Waals surface area contributed by atoms with Crippen LogP contribution in [0.2, 0.25) is 5.02 Å². The number of nitrogens with two attached hydrogens (primary N) is 1. The molecule has 0 aliphatic heterocycles. The zero-order chi connectivity index (χ0) is 26.7. The molecule has 0 fully saturated rings. The van der Waals surface area contributed by atoms with Gasteiger partial charge in [0.15, 0.2) is 0 Å². The van der Waals surface area contributed by atoms with Crippen molar-refractivity contribution in [2.24, 2.45) is 11.7 Å². The molecule has 2 aromatic carbocycles. The van der Waals surface area contributed by atoms with Gasteiger partial charge < -0.3 is 26.8 Å². The Morgan fingerprint density at radius 2 is 1.75 bits per heavy atom. The Morgan fingerprint density at radius 1 is 1.06 bits per heavy atom. The summed E-state index contributed by atoms with van der Waals surface area (Å²) in [6, 6.07) is 12.4. The van der Waals surface area contributed by atoms with Crippen molar-refractivity contribution in [2.45, 2.75) is 51.6 Å². The molecule has 36 heavy (non-hydrogen) atoms. The zero-order valence-corrected chi connectivity index (χ0v) is 21.2. The van der Waals surface area contributed by atoms with Crippen LogP contribution >= 0.6 is 11.6 Å². The van der Waals surface area contributed by atoms with Gasteiger partial charge in [0.1, 0.15) is 12.1 Å². The molecule has 0 aliphatic carbocycles. The Labute approximate surface area is 215 Å². The minimum absolute atomic E-state index is 0.151. The maximum Gasteiger partial charge on any atom is 0.326 e. The normalized spacial score (nSPS) is 13.2. The van der Waals surface area contributed by atoms with Crippen molar-refractivity contribution in [1.82, 2.24) is 10.6 Å². The number of aliphatic carboxylic acids is 1. The lowest BCUT2D eigenvalue weighted by molar-refractivity contribution is -0.142. The van der Waals surface area contributed by atoms with E-state index in [1.807, 2.05) is 37.3 Å². The highest BCUT2D eigenvalue weighted by Crippen LogP contribution is 2.22. The van der Waals surface area contributed by atoms with Gasteiger partial charge >= 0.3 is 5.97 Å². The van der Waals surface area contributed by atoms with Crippen molar-refractivity contribution < 1.29 is 24.3 Å². The quantitative estimate of drug-likeness (QED) is 0.260. The highest BCUT2D eigenvalue weighted by Gasteiger charge is 2.30. The lowest BCUT2D eigenvalue weighted by Gasteiger charge is -2.26. The van der Waals surface area contributed by atoms with Gasteiger partial charge in [-0.05, 0) is 42.5 Å². The minimum Gasteiger partial charge on any atom is -0.480 e. The fourth-order valence-corrected chi connectivity index (χ4v) is 3.74. The topological polar surface area (TPSA) is 151 Å². The first-order valence-electron chi connectivity index (χ1n) is 11.8. The minimum atomic E-state index is -1.31. The summed E-state index contributed by atoms with van der Waals surface area (Å²) < 4.78 is 0. The van der Waals surface area contributed by atoms with Gasteiger partial charge in [0.05, 0.1) is 5.56 Å². The second-order valence-electron chi connectivity index (χ2n) is 8.59. The lowest BCUT2D eigenvalue weighted by Crippen LogP contribution is -2.54. The predicted octanol–water partition coefficient (Wildman–Crippen LogP) is 2.97. The maximum atomic E-state index is 13.3. The molecule has 9 nitrogen and oxygen atoms in total. The van der Waals surface area contributed by atoms with Crippen molar-refractivity contribution in [3.63, 3.8) is 0 Å². The highest BCUT2D eigenvalue weighted by atomic mass is 35.5. The number of carbonyl (C=O) groups is 4. The lowest BCUT2D eigenvalue weighted by atomic mass is 9.97. The van der Waals surface area contributed by atoms with Crippen LogP contribution in [0.4, 0.5) is 5.69 Å². The van der Waals surface area contributed by atoms with E-state index >= 15 is 0 Å². The number of benzene rings is 2. The molecule has 2 rings (SSSR count). The third kappa shape index (κ3) is 8.88. The first-order valence-corrected chi connectivity index (χ1v) is 12.2. The molecule has 194 valence electrons. The number of halogens is 1. The fourth-order valence-electron chi connectivity index (χ4n) is 3.57. The molecule has 0 radical (unpaired) electrons. The number of rotatable bonds is 14. The Hall–Kier alpha value is -3.59. The first-order chi connectivity index (χ1) is 17.1. The summed E-state index contributed by atoms with van der Waals surface area (Å²) in [5.74, 6) is -3.44. The first kappa shape index (κ1) is 28.6. The molecule has 0 bridgehead atoms. The van der Waals surface area contributed by atoms with Gasteiger partial charge in [-0.1, -0.05) is 62.2 Å². The Kier molecular flexibility index (Phi) is 11.2. The van der Waals surface area contributed by atoms with Crippen LogP contribution in [-0.2, 0) is 20.8 Å². The summed E-state index contributed by atoms with van der Waals surface area (Å²) in [5.41, 5.74) is 7.07. The van der Waals surface area contributed by atoms with Crippen molar-refractivity contribution in [3.05, 3.63) is 64.7 Å². The standard InChI is InChI=1S/C26H33ClN4O5/c1-3-16(2)23(25(34)30-21(26(35)36)11-12-22(28)32)31-24(33)19-15-18(27)9-10-20(19)29-14-13-17-7-5-4-6-8-17/h4-10,15-16,21,23,29H,3,11-14H2,1-2H3,(H2,28,32)(H,30,34)(H,31,33)(H,35,36)/t16?,21-,23-/m0/s1. The van der Waals surface area contributed by atoms with Crippen LogP contribution < -0.4 is 21.7 Å². The average molecular weight is 517 g/mol. The van der Waals surface area contributed by atoms with Crippen LogP contribution in [0.25, 0.3) is 0 Å². The Morgan fingerprint density at radius 3 is 2.36 bits per heavy atom. The number of carboxylic acid groups (broad SMARTS) is 1. The molecule has 3 amide bonds. The molecule has 0 aromatic heterocycles. The van der Waals surface area contributed by atoms with Gasteiger partial charge in [-0.3, -0.25) is 14.4 Å². The zero-order valence-electron chi connectivity index (χ0n) is 20.4. The third-order valence-electron chi connectivity index (χ3n) is 5.87. The van der Waals surface area contributed by atoms with Gasteiger partial charge in [-0.2, -0.15) is 0 Å². The average Bonchev–Trinajstić information content (AvgIpc) is 2.85. The molecule has 6 N–H and O–H groups in total. The molecular weight excluding hydrogens is 484 g/mol. The number of hydrogen-bond donors (Lipinski definition) is 5. The SMILES string of the molecule is CCC(C)[C@H](NC(=O)c1cc(Cl)ccc1NCCc1ccccc1)C(=O)N[C@@H](CCC(N)=O)C(=O)O. The molecule has 0 heterocycles. The van der Waals surface area contributed by atoms with Gasteiger partial charge in [-0.25, -0.2) is 4.79 Å². The summed E-state index contributed by atoms with van der Waals surface area (Å²) in [4.78, 5) is 48.9. The van der Waals surface area contributed by atoms with Gasteiger partial charge in [0.2, 0.25) is 11.8 Å². The van der Waals surface area contributed by atoms with Gasteiger partial charge in [0, 0.05) is 23.7 Å². The van der Waals surface area contributed by atoms with Crippen molar-refractivity contribution >= 4 is 41.0 Å². The Bertz CT molecular complexity index is 1060. The van der Waals surface area contributed by atoms with E-state index in [1.54, 1.807) is 19.1 Å². The second-order valence-corrected chi connectivity index (χ2v) is 9.03. The number of hydrogen-bond acceptors (Lipinski definition) is 5. The number of anilines is 1. The fraction of sp³-hybridized carbons (Fsp3) is 0.385. The monoisotopic (exact) mass is 516 g/mol. The summed E-state index contributed by atoms with van der Waals surface area (Å²) >= 11 is 6.15. The number of amides is 3. The second kappa shape index (κ2) is 14.1. The highest BCUT2D eigenvalue weighted by molar-refractivity contribution is 6.31. The Balaban J connectivity index is 2.16. The van der Waals surface area contributed by atoms with Crippen LogP contribution in [0.1, 0.15) is 49.0 Å². The van der Waals surface area contributed by atoms with Crippen LogP contribution in [-0.4, -0.2) is 47.4 Å². The molecule has 3 atom stereocenters. The van der Waals surface area contributed by atoms with Crippen LogP contribution in [0.3, 0.4) is 0 Å². The van der Waals surface area contributed by atoms with E-state index in [0.717, 1.165) is 12.0 Å². The molecule has 0 saturated heterocycles. The van der Waals surface area contributed by atoms with Crippen molar-refractivity contribution in [2.75, 3.05) is 11.9 Å². The molecule has 1 unspecified atom stereocenters. The van der Waals surface area contributed by atoms with Crippen molar-refractivity contribution in [1.29, 1.82) is 0 Å². The molecular formula is C26H33ClN4O5. The maximum absolute atomic E-state index is 13.3. The molecule has 10 heteroatoms. The van der Waals surface area contributed by atoms with E-state index in [-0.39, 0.29) is 24.3 Å². The van der Waals surface area contributed by atoms with Crippen LogP contribution in [0.15, 0.2) is 48.5 Å². The van der Waals surface area contributed by atoms with Gasteiger partial charge in [-0.15, -0.1) is 0 Å². The summed E-state index contributed by atoms with van der Waals surface area (Å²) in [7, 11) is 0. The smallest absolute Gasteiger partial charge is 0.326 e. The molecule has 0 spiro atoms. The summed E-state index contributed by atoms with van der Waals surface area (Å²) in [5, 5.41) is 18.2. The van der Waals surface area contributed by atoms with E-state index < -0.39 is 35.8 Å². The van der Waals surface area contributed by atoms with Crippen LogP contribution in [0, 0.1) is 5.92 Å². The number of nitrogens with one attached hydrogen (secondary N) is 3. The number of primary amides is 1. The van der Waals surface area contributed by atoms with E-state index in [2.05, 4.69) is 16.0 Å².